The molecule has 3 aromatic heterocycles. The molecule has 2 N–H and O–H groups in total. The highest BCUT2D eigenvalue weighted by Crippen LogP contribution is 2.36. The number of aromatic amines is 2. The molecule has 0 aliphatic heterocycles. The zero-order valence-electron chi connectivity index (χ0n) is 12.3. The maximum absolute atomic E-state index is 3.50. The molecule has 3 heterocycles. The van der Waals surface area contributed by atoms with E-state index in [9.17, 15) is 0 Å². The number of hydrogen-bond acceptors (Lipinski definition) is 1. The van der Waals surface area contributed by atoms with Crippen LogP contribution in [0.2, 0.25) is 0 Å². The molecule has 0 radical (unpaired) electrons. The number of thiophene rings is 1. The molecular formula is C20H14N2S. The van der Waals surface area contributed by atoms with Gasteiger partial charge in [0.15, 0.2) is 0 Å². The fourth-order valence-electron chi connectivity index (χ4n) is 3.04. The third-order valence-electron chi connectivity index (χ3n) is 4.20. The molecule has 0 aliphatic carbocycles. The van der Waals surface area contributed by atoms with Gasteiger partial charge in [0, 0.05) is 21.8 Å². The molecule has 0 atom stereocenters. The Bertz CT molecular complexity index is 972. The number of rotatable bonds is 2. The molecule has 2 nitrogen and oxygen atoms in total. The van der Waals surface area contributed by atoms with Crippen molar-refractivity contribution >= 4 is 33.1 Å². The summed E-state index contributed by atoms with van der Waals surface area (Å²) in [5, 5.41) is 2.51. The van der Waals surface area contributed by atoms with Gasteiger partial charge in [0.2, 0.25) is 0 Å². The average Bonchev–Trinajstić information content (AvgIpc) is 3.30. The van der Waals surface area contributed by atoms with E-state index >= 15 is 0 Å². The minimum Gasteiger partial charge on any atom is -0.354 e. The second-order valence-corrected chi connectivity index (χ2v) is 6.79. The minimum atomic E-state index is 1.18. The van der Waals surface area contributed by atoms with Crippen LogP contribution in [-0.4, -0.2) is 9.97 Å². The van der Waals surface area contributed by atoms with E-state index in [-0.39, 0.29) is 0 Å². The third kappa shape index (κ3) is 2.09. The van der Waals surface area contributed by atoms with Gasteiger partial charge in [-0.1, -0.05) is 36.4 Å². The predicted octanol–water partition coefficient (Wildman–Crippen LogP) is 6.04. The maximum atomic E-state index is 3.50. The highest BCUT2D eigenvalue weighted by molar-refractivity contribution is 7.18. The summed E-state index contributed by atoms with van der Waals surface area (Å²) in [5.41, 5.74) is 4.73. The van der Waals surface area contributed by atoms with Crippen molar-refractivity contribution < 1.29 is 0 Å². The van der Waals surface area contributed by atoms with E-state index in [1.807, 2.05) is 11.3 Å². The summed E-state index contributed by atoms with van der Waals surface area (Å²) in [6.45, 7) is 0. The van der Waals surface area contributed by atoms with Crippen LogP contribution >= 0.6 is 11.3 Å². The van der Waals surface area contributed by atoms with Crippen LogP contribution in [-0.2, 0) is 0 Å². The lowest BCUT2D eigenvalue weighted by molar-refractivity contribution is 1.48. The molecule has 2 aromatic carbocycles. The molecule has 110 valence electrons. The highest BCUT2D eigenvalue weighted by atomic mass is 32.1. The Hall–Kier alpha value is -2.78. The van der Waals surface area contributed by atoms with Gasteiger partial charge in [-0.2, -0.15) is 0 Å². The van der Waals surface area contributed by atoms with E-state index in [2.05, 4.69) is 82.8 Å². The number of para-hydroxylation sites is 2. The van der Waals surface area contributed by atoms with Crippen molar-refractivity contribution in [3.05, 3.63) is 72.8 Å². The first-order valence-corrected chi connectivity index (χ1v) is 8.44. The first-order chi connectivity index (χ1) is 11.4. The Morgan fingerprint density at radius 2 is 1.04 bits per heavy atom. The van der Waals surface area contributed by atoms with E-state index in [1.165, 1.54) is 42.9 Å². The molecule has 5 rings (SSSR count). The fourth-order valence-corrected chi connectivity index (χ4v) is 3.99. The summed E-state index contributed by atoms with van der Waals surface area (Å²) in [7, 11) is 0. The van der Waals surface area contributed by atoms with Crippen molar-refractivity contribution in [2.24, 2.45) is 0 Å². The summed E-state index contributed by atoms with van der Waals surface area (Å²) < 4.78 is 0. The topological polar surface area (TPSA) is 31.6 Å². The standard InChI is InChI=1S/C20H14N2S/c1-3-7-15-13(5-1)11-17(21-15)19-9-10-20(23-19)18-12-14-6-2-4-8-16(14)22-18/h1-12,21-22H. The monoisotopic (exact) mass is 314 g/mol. The smallest absolute Gasteiger partial charge is 0.0566 e. The lowest BCUT2D eigenvalue weighted by atomic mass is 10.2. The van der Waals surface area contributed by atoms with Gasteiger partial charge in [0.05, 0.1) is 21.1 Å². The van der Waals surface area contributed by atoms with Crippen LogP contribution in [0.4, 0.5) is 0 Å². The minimum absolute atomic E-state index is 1.18. The van der Waals surface area contributed by atoms with Crippen LogP contribution in [0.1, 0.15) is 0 Å². The molecule has 0 aliphatic rings. The second kappa shape index (κ2) is 4.86. The quantitative estimate of drug-likeness (QED) is 0.398. The van der Waals surface area contributed by atoms with Gasteiger partial charge in [-0.3, -0.25) is 0 Å². The molecule has 0 bridgehead atoms. The number of hydrogen-bond donors (Lipinski definition) is 2. The zero-order chi connectivity index (χ0) is 15.2. The summed E-state index contributed by atoms with van der Waals surface area (Å²) in [4.78, 5) is 9.53. The van der Waals surface area contributed by atoms with Gasteiger partial charge in [-0.25, -0.2) is 0 Å². The van der Waals surface area contributed by atoms with Crippen LogP contribution < -0.4 is 0 Å². The summed E-state index contributed by atoms with van der Waals surface area (Å²) >= 11 is 1.81. The summed E-state index contributed by atoms with van der Waals surface area (Å²) in [5.74, 6) is 0. The lowest BCUT2D eigenvalue weighted by Gasteiger charge is -1.92. The van der Waals surface area contributed by atoms with Crippen molar-refractivity contribution in [3.8, 4) is 21.1 Å². The highest BCUT2D eigenvalue weighted by Gasteiger charge is 2.09. The fraction of sp³-hybridized carbons (Fsp3) is 0. The van der Waals surface area contributed by atoms with Crippen LogP contribution in [0.5, 0.6) is 0 Å². The molecule has 0 spiro atoms. The van der Waals surface area contributed by atoms with Gasteiger partial charge >= 0.3 is 0 Å². The van der Waals surface area contributed by atoms with E-state index in [4.69, 9.17) is 0 Å². The Morgan fingerprint density at radius 3 is 1.52 bits per heavy atom. The molecule has 0 amide bonds. The van der Waals surface area contributed by atoms with E-state index < -0.39 is 0 Å². The van der Waals surface area contributed by atoms with Crippen molar-refractivity contribution in [2.45, 2.75) is 0 Å². The molecule has 0 saturated carbocycles. The van der Waals surface area contributed by atoms with E-state index in [0.717, 1.165) is 0 Å². The van der Waals surface area contributed by atoms with Gasteiger partial charge in [-0.15, -0.1) is 11.3 Å². The number of aromatic nitrogens is 2. The van der Waals surface area contributed by atoms with Crippen LogP contribution in [0, 0.1) is 0 Å². The number of nitrogens with one attached hydrogen (secondary N) is 2. The van der Waals surface area contributed by atoms with E-state index in [0.29, 0.717) is 0 Å². The summed E-state index contributed by atoms with van der Waals surface area (Å²) in [6, 6.07) is 25.6. The number of benzene rings is 2. The Kier molecular flexibility index (Phi) is 2.69. The van der Waals surface area contributed by atoms with Crippen molar-refractivity contribution in [1.82, 2.24) is 9.97 Å². The molecule has 3 heteroatoms. The average molecular weight is 314 g/mol. The molecule has 0 fully saturated rings. The molecular weight excluding hydrogens is 300 g/mol. The van der Waals surface area contributed by atoms with Crippen molar-refractivity contribution in [1.29, 1.82) is 0 Å². The van der Waals surface area contributed by atoms with Crippen LogP contribution in [0.3, 0.4) is 0 Å². The van der Waals surface area contributed by atoms with Crippen molar-refractivity contribution in [3.63, 3.8) is 0 Å². The van der Waals surface area contributed by atoms with Crippen molar-refractivity contribution in [2.75, 3.05) is 0 Å². The second-order valence-electron chi connectivity index (χ2n) is 5.70. The SMILES string of the molecule is c1ccc2[nH]c(-c3ccc(-c4cc5ccccc5[nH]4)s3)cc2c1. The van der Waals surface area contributed by atoms with Gasteiger partial charge in [0.1, 0.15) is 0 Å². The van der Waals surface area contributed by atoms with Gasteiger partial charge in [-0.05, 0) is 36.4 Å². The Balaban J connectivity index is 1.59. The first kappa shape index (κ1) is 12.7. The summed E-state index contributed by atoms with van der Waals surface area (Å²) in [6.07, 6.45) is 0. The third-order valence-corrected chi connectivity index (χ3v) is 5.35. The van der Waals surface area contributed by atoms with Crippen LogP contribution in [0.25, 0.3) is 42.9 Å². The molecule has 0 unspecified atom stereocenters. The zero-order valence-corrected chi connectivity index (χ0v) is 13.2. The molecule has 0 saturated heterocycles. The largest absolute Gasteiger partial charge is 0.354 e. The maximum Gasteiger partial charge on any atom is 0.0566 e. The van der Waals surface area contributed by atoms with Crippen LogP contribution in [0.15, 0.2) is 72.8 Å². The number of H-pyrrole nitrogens is 2. The van der Waals surface area contributed by atoms with Gasteiger partial charge < -0.3 is 9.97 Å². The predicted molar refractivity (Wildman–Crippen MR) is 98.9 cm³/mol. The Labute approximate surface area is 137 Å². The van der Waals surface area contributed by atoms with E-state index in [1.54, 1.807) is 0 Å². The normalized spacial score (nSPS) is 11.5. The molecule has 23 heavy (non-hydrogen) atoms. The number of fused-ring (bicyclic) bond motifs is 2. The molecule has 5 aromatic rings. The lowest BCUT2D eigenvalue weighted by Crippen LogP contribution is -1.69. The van der Waals surface area contributed by atoms with Gasteiger partial charge in [0.25, 0.3) is 0 Å². The first-order valence-electron chi connectivity index (χ1n) is 7.63. The Morgan fingerprint density at radius 1 is 0.565 bits per heavy atom.